The SMILES string of the molecule is CN(Cc1ccc2c(c1)OCCO2)C(=O)NCc1ccc(N2CCc3ccccc3C2)nc1. The predicted molar refractivity (Wildman–Crippen MR) is 127 cm³/mol. The van der Waals surface area contributed by atoms with Gasteiger partial charge < -0.3 is 24.6 Å². The third kappa shape index (κ3) is 4.87. The molecule has 3 heterocycles. The van der Waals surface area contributed by atoms with Gasteiger partial charge in [0.15, 0.2) is 11.5 Å². The first-order chi connectivity index (χ1) is 16.2. The number of ether oxygens (including phenoxy) is 2. The predicted octanol–water partition coefficient (Wildman–Crippen LogP) is 3.76. The smallest absolute Gasteiger partial charge is 0.317 e. The Morgan fingerprint density at radius 1 is 1.03 bits per heavy atom. The summed E-state index contributed by atoms with van der Waals surface area (Å²) in [5.74, 6) is 2.45. The van der Waals surface area contributed by atoms with E-state index in [-0.39, 0.29) is 6.03 Å². The van der Waals surface area contributed by atoms with Gasteiger partial charge >= 0.3 is 6.03 Å². The standard InChI is InChI=1S/C26H28N4O3/c1-29(17-19-6-8-23-24(14-19)33-13-12-32-23)26(31)28-16-20-7-9-25(27-15-20)30-11-10-21-4-2-3-5-22(21)18-30/h2-9,14-15H,10-13,16-18H2,1H3,(H,28,31). The lowest BCUT2D eigenvalue weighted by Crippen LogP contribution is -2.36. The van der Waals surface area contributed by atoms with Crippen molar-refractivity contribution >= 4 is 11.8 Å². The molecular formula is C26H28N4O3. The van der Waals surface area contributed by atoms with Gasteiger partial charge in [0, 0.05) is 39.4 Å². The zero-order valence-corrected chi connectivity index (χ0v) is 18.8. The summed E-state index contributed by atoms with van der Waals surface area (Å²) in [5.41, 5.74) is 4.75. The molecule has 0 fully saturated rings. The highest BCUT2D eigenvalue weighted by atomic mass is 16.6. The van der Waals surface area contributed by atoms with Crippen molar-refractivity contribution in [3.05, 3.63) is 83.0 Å². The van der Waals surface area contributed by atoms with E-state index in [1.54, 1.807) is 11.9 Å². The number of rotatable bonds is 5. The molecule has 0 spiro atoms. The Hall–Kier alpha value is -3.74. The minimum Gasteiger partial charge on any atom is -0.486 e. The van der Waals surface area contributed by atoms with Gasteiger partial charge in [-0.3, -0.25) is 0 Å². The number of nitrogens with zero attached hydrogens (tertiary/aromatic N) is 3. The number of hydrogen-bond acceptors (Lipinski definition) is 5. The molecule has 2 amide bonds. The third-order valence-corrected chi connectivity index (χ3v) is 6.08. The lowest BCUT2D eigenvalue weighted by Gasteiger charge is -2.29. The summed E-state index contributed by atoms with van der Waals surface area (Å²) in [6.07, 6.45) is 2.88. The number of benzene rings is 2. The lowest BCUT2D eigenvalue weighted by molar-refractivity contribution is 0.171. The Bertz CT molecular complexity index is 1130. The molecule has 1 N–H and O–H groups in total. The Labute approximate surface area is 193 Å². The summed E-state index contributed by atoms with van der Waals surface area (Å²) in [5, 5.41) is 2.97. The van der Waals surface area contributed by atoms with Crippen molar-refractivity contribution < 1.29 is 14.3 Å². The highest BCUT2D eigenvalue weighted by Crippen LogP contribution is 2.31. The molecule has 2 aliphatic rings. The quantitative estimate of drug-likeness (QED) is 0.649. The highest BCUT2D eigenvalue weighted by Gasteiger charge is 2.17. The first-order valence-corrected chi connectivity index (χ1v) is 11.3. The maximum atomic E-state index is 12.6. The average Bonchev–Trinajstić information content (AvgIpc) is 2.87. The van der Waals surface area contributed by atoms with Crippen LogP contribution in [0.25, 0.3) is 0 Å². The molecule has 0 unspecified atom stereocenters. The molecule has 0 bridgehead atoms. The molecule has 1 aromatic heterocycles. The summed E-state index contributed by atoms with van der Waals surface area (Å²) in [4.78, 5) is 21.2. The molecule has 0 saturated heterocycles. The number of nitrogens with one attached hydrogen (secondary N) is 1. The number of fused-ring (bicyclic) bond motifs is 2. The van der Waals surface area contributed by atoms with Crippen LogP contribution in [-0.4, -0.2) is 42.7 Å². The largest absolute Gasteiger partial charge is 0.486 e. The van der Waals surface area contributed by atoms with E-state index in [0.717, 1.165) is 48.0 Å². The van der Waals surface area contributed by atoms with E-state index >= 15 is 0 Å². The van der Waals surface area contributed by atoms with Crippen molar-refractivity contribution in [3.8, 4) is 11.5 Å². The monoisotopic (exact) mass is 444 g/mol. The summed E-state index contributed by atoms with van der Waals surface area (Å²) in [6, 6.07) is 18.3. The molecule has 33 heavy (non-hydrogen) atoms. The van der Waals surface area contributed by atoms with Crippen LogP contribution in [0.15, 0.2) is 60.8 Å². The van der Waals surface area contributed by atoms with Gasteiger partial charge in [0.25, 0.3) is 0 Å². The zero-order chi connectivity index (χ0) is 22.6. The van der Waals surface area contributed by atoms with E-state index in [0.29, 0.717) is 26.3 Å². The molecule has 0 radical (unpaired) electrons. The highest BCUT2D eigenvalue weighted by molar-refractivity contribution is 5.73. The number of aromatic nitrogens is 1. The van der Waals surface area contributed by atoms with Crippen molar-refractivity contribution in [1.82, 2.24) is 15.2 Å². The third-order valence-electron chi connectivity index (χ3n) is 6.08. The number of carbonyl (C=O) groups excluding carboxylic acids is 1. The van der Waals surface area contributed by atoms with E-state index in [9.17, 15) is 4.79 Å². The number of pyridine rings is 1. The van der Waals surface area contributed by atoms with Gasteiger partial charge in [0.05, 0.1) is 0 Å². The average molecular weight is 445 g/mol. The lowest BCUT2D eigenvalue weighted by atomic mass is 10.00. The van der Waals surface area contributed by atoms with Crippen LogP contribution in [0.1, 0.15) is 22.3 Å². The number of anilines is 1. The minimum absolute atomic E-state index is 0.137. The second kappa shape index (κ2) is 9.40. The van der Waals surface area contributed by atoms with Crippen molar-refractivity contribution in [2.75, 3.05) is 31.7 Å². The van der Waals surface area contributed by atoms with Crippen LogP contribution in [0.5, 0.6) is 11.5 Å². The fourth-order valence-electron chi connectivity index (χ4n) is 4.24. The topological polar surface area (TPSA) is 66.9 Å². The van der Waals surface area contributed by atoms with Gasteiger partial charge in [-0.2, -0.15) is 0 Å². The Balaban J connectivity index is 1.13. The van der Waals surface area contributed by atoms with Gasteiger partial charge in [-0.05, 0) is 46.9 Å². The maximum absolute atomic E-state index is 12.6. The van der Waals surface area contributed by atoms with E-state index in [2.05, 4.69) is 39.5 Å². The second-order valence-electron chi connectivity index (χ2n) is 8.46. The molecule has 0 atom stereocenters. The molecule has 170 valence electrons. The molecule has 0 saturated carbocycles. The van der Waals surface area contributed by atoms with E-state index in [4.69, 9.17) is 9.47 Å². The van der Waals surface area contributed by atoms with E-state index in [1.807, 2.05) is 36.5 Å². The Kier molecular flexibility index (Phi) is 6.02. The molecule has 2 aromatic carbocycles. The summed E-state index contributed by atoms with van der Waals surface area (Å²) in [7, 11) is 1.78. The molecule has 5 rings (SSSR count). The maximum Gasteiger partial charge on any atom is 0.317 e. The summed E-state index contributed by atoms with van der Waals surface area (Å²) >= 11 is 0. The van der Waals surface area contributed by atoms with Crippen LogP contribution >= 0.6 is 0 Å². The molecule has 7 heteroatoms. The van der Waals surface area contributed by atoms with Crippen molar-refractivity contribution in [2.24, 2.45) is 0 Å². The van der Waals surface area contributed by atoms with Crippen molar-refractivity contribution in [3.63, 3.8) is 0 Å². The van der Waals surface area contributed by atoms with Crippen LogP contribution in [0.4, 0.5) is 10.6 Å². The minimum atomic E-state index is -0.137. The fourth-order valence-corrected chi connectivity index (χ4v) is 4.24. The molecule has 2 aliphatic heterocycles. The van der Waals surface area contributed by atoms with Crippen LogP contribution < -0.4 is 19.7 Å². The van der Waals surface area contributed by atoms with Gasteiger partial charge in [-0.15, -0.1) is 0 Å². The van der Waals surface area contributed by atoms with Crippen LogP contribution in [0.3, 0.4) is 0 Å². The van der Waals surface area contributed by atoms with Gasteiger partial charge in [-0.25, -0.2) is 9.78 Å². The normalized spacial score (nSPS) is 14.4. The summed E-state index contributed by atoms with van der Waals surface area (Å²) < 4.78 is 11.2. The van der Waals surface area contributed by atoms with E-state index in [1.165, 1.54) is 11.1 Å². The first-order valence-electron chi connectivity index (χ1n) is 11.3. The van der Waals surface area contributed by atoms with Gasteiger partial charge in [0.2, 0.25) is 0 Å². The zero-order valence-electron chi connectivity index (χ0n) is 18.8. The first kappa shape index (κ1) is 21.1. The fraction of sp³-hybridized carbons (Fsp3) is 0.308. The Morgan fingerprint density at radius 2 is 1.82 bits per heavy atom. The molecular weight excluding hydrogens is 416 g/mol. The Morgan fingerprint density at radius 3 is 2.64 bits per heavy atom. The molecule has 7 nitrogen and oxygen atoms in total. The number of hydrogen-bond donors (Lipinski definition) is 1. The summed E-state index contributed by atoms with van der Waals surface area (Å²) in [6.45, 7) is 3.87. The number of urea groups is 1. The van der Waals surface area contributed by atoms with Crippen molar-refractivity contribution in [2.45, 2.75) is 26.1 Å². The van der Waals surface area contributed by atoms with E-state index < -0.39 is 0 Å². The van der Waals surface area contributed by atoms with Gasteiger partial charge in [0.1, 0.15) is 19.0 Å². The van der Waals surface area contributed by atoms with Crippen LogP contribution in [-0.2, 0) is 26.1 Å². The van der Waals surface area contributed by atoms with Crippen LogP contribution in [0, 0.1) is 0 Å². The molecule has 3 aromatic rings. The molecule has 0 aliphatic carbocycles. The number of amides is 2. The van der Waals surface area contributed by atoms with Gasteiger partial charge in [-0.1, -0.05) is 36.4 Å². The number of carbonyl (C=O) groups is 1. The van der Waals surface area contributed by atoms with Crippen molar-refractivity contribution in [1.29, 1.82) is 0 Å². The second-order valence-corrected chi connectivity index (χ2v) is 8.46. The van der Waals surface area contributed by atoms with Crippen LogP contribution in [0.2, 0.25) is 0 Å².